The predicted octanol–water partition coefficient (Wildman–Crippen LogP) is 2.70. The first kappa shape index (κ1) is 16.4. The summed E-state index contributed by atoms with van der Waals surface area (Å²) in [6.45, 7) is 7.29. The first-order valence-electron chi connectivity index (χ1n) is 6.36. The second kappa shape index (κ2) is 7.21. The van der Waals surface area contributed by atoms with E-state index in [1.54, 1.807) is 12.3 Å². The van der Waals surface area contributed by atoms with Crippen LogP contribution in [0.2, 0.25) is 0 Å². The molecule has 1 rings (SSSR count). The van der Waals surface area contributed by atoms with Crippen LogP contribution >= 0.6 is 15.9 Å². The number of hydrogen-bond acceptors (Lipinski definition) is 4. The van der Waals surface area contributed by atoms with Gasteiger partial charge in [0.1, 0.15) is 10.7 Å². The molecule has 5 nitrogen and oxygen atoms in total. The molecule has 0 radical (unpaired) electrons. The predicted molar refractivity (Wildman–Crippen MR) is 80.8 cm³/mol. The highest BCUT2D eigenvalue weighted by atomic mass is 79.9. The van der Waals surface area contributed by atoms with E-state index in [1.165, 1.54) is 4.31 Å². The lowest BCUT2D eigenvalue weighted by atomic mass is 10.4. The number of rotatable bonds is 7. The molecular formula is C12H20BrN3O2S. The Bertz CT molecular complexity index is 520. The zero-order chi connectivity index (χ0) is 14.5. The molecule has 0 aliphatic rings. The minimum Gasteiger partial charge on any atom is -0.369 e. The second-order valence-electron chi connectivity index (χ2n) is 4.03. The summed E-state index contributed by atoms with van der Waals surface area (Å²) in [5.41, 5.74) is 0. The number of sulfonamides is 1. The van der Waals surface area contributed by atoms with Crippen molar-refractivity contribution in [3.05, 3.63) is 16.7 Å². The Balaban J connectivity index is 3.29. The van der Waals surface area contributed by atoms with Crippen molar-refractivity contribution >= 4 is 31.8 Å². The third-order valence-electron chi connectivity index (χ3n) is 2.61. The summed E-state index contributed by atoms with van der Waals surface area (Å²) in [4.78, 5) is 4.37. The summed E-state index contributed by atoms with van der Waals surface area (Å²) in [5, 5.41) is 2.99. The molecule has 0 amide bonds. The number of pyridine rings is 1. The first-order chi connectivity index (χ1) is 8.97. The molecule has 7 heteroatoms. The normalized spacial score (nSPS) is 11.8. The summed E-state index contributed by atoms with van der Waals surface area (Å²) in [6.07, 6.45) is 2.37. The van der Waals surface area contributed by atoms with Crippen molar-refractivity contribution in [2.45, 2.75) is 32.1 Å². The maximum absolute atomic E-state index is 12.6. The van der Waals surface area contributed by atoms with Gasteiger partial charge in [-0.1, -0.05) is 13.8 Å². The van der Waals surface area contributed by atoms with Gasteiger partial charge >= 0.3 is 0 Å². The Kier molecular flexibility index (Phi) is 6.22. The number of hydrogen-bond donors (Lipinski definition) is 1. The lowest BCUT2D eigenvalue weighted by Crippen LogP contribution is -2.32. The van der Waals surface area contributed by atoms with Crippen LogP contribution in [0.1, 0.15) is 27.2 Å². The molecule has 1 aromatic heterocycles. The third kappa shape index (κ3) is 3.90. The van der Waals surface area contributed by atoms with E-state index >= 15 is 0 Å². The topological polar surface area (TPSA) is 62.3 Å². The second-order valence-corrected chi connectivity index (χ2v) is 6.85. The van der Waals surface area contributed by atoms with Crippen LogP contribution in [0.3, 0.4) is 0 Å². The number of nitrogens with zero attached hydrogens (tertiary/aromatic N) is 2. The maximum atomic E-state index is 12.6. The number of halogens is 1. The third-order valence-corrected chi connectivity index (χ3v) is 5.03. The van der Waals surface area contributed by atoms with Crippen molar-refractivity contribution < 1.29 is 8.42 Å². The first-order valence-corrected chi connectivity index (χ1v) is 8.60. The Morgan fingerprint density at radius 2 is 2.05 bits per heavy atom. The van der Waals surface area contributed by atoms with Gasteiger partial charge in [-0.2, -0.15) is 4.31 Å². The van der Waals surface area contributed by atoms with Crippen LogP contribution < -0.4 is 5.32 Å². The van der Waals surface area contributed by atoms with E-state index in [1.807, 2.05) is 20.8 Å². The average Bonchev–Trinajstić information content (AvgIpc) is 2.38. The van der Waals surface area contributed by atoms with E-state index in [4.69, 9.17) is 0 Å². The van der Waals surface area contributed by atoms with Crippen molar-refractivity contribution in [1.82, 2.24) is 9.29 Å². The smallest absolute Gasteiger partial charge is 0.246 e. The lowest BCUT2D eigenvalue weighted by molar-refractivity contribution is 0.427. The van der Waals surface area contributed by atoms with Gasteiger partial charge in [0.25, 0.3) is 0 Å². The van der Waals surface area contributed by atoms with Crippen LogP contribution in [0.4, 0.5) is 5.82 Å². The number of anilines is 1. The highest BCUT2D eigenvalue weighted by Gasteiger charge is 2.26. The zero-order valence-electron chi connectivity index (χ0n) is 11.5. The molecule has 1 heterocycles. The molecule has 1 N–H and O–H groups in total. The molecule has 108 valence electrons. The van der Waals surface area contributed by atoms with Gasteiger partial charge in [0.15, 0.2) is 0 Å². The summed E-state index contributed by atoms with van der Waals surface area (Å²) >= 11 is 3.28. The molecule has 0 aliphatic carbocycles. The molecule has 0 saturated heterocycles. The van der Waals surface area contributed by atoms with Crippen molar-refractivity contribution in [1.29, 1.82) is 0 Å². The fraction of sp³-hybridized carbons (Fsp3) is 0.583. The summed E-state index contributed by atoms with van der Waals surface area (Å²) in [6, 6.07) is 1.60. The van der Waals surface area contributed by atoms with Gasteiger partial charge in [0, 0.05) is 30.3 Å². The van der Waals surface area contributed by atoms with Crippen molar-refractivity contribution in [3.8, 4) is 0 Å². The van der Waals surface area contributed by atoms with Gasteiger partial charge in [-0.25, -0.2) is 13.4 Å². The Morgan fingerprint density at radius 1 is 1.37 bits per heavy atom. The molecule has 0 saturated carbocycles. The van der Waals surface area contributed by atoms with Gasteiger partial charge in [-0.05, 0) is 35.3 Å². The van der Waals surface area contributed by atoms with Gasteiger partial charge in [0.05, 0.1) is 0 Å². The van der Waals surface area contributed by atoms with Gasteiger partial charge < -0.3 is 5.32 Å². The Morgan fingerprint density at radius 3 is 2.58 bits per heavy atom. The minimum atomic E-state index is -3.51. The van der Waals surface area contributed by atoms with E-state index in [0.717, 1.165) is 6.42 Å². The van der Waals surface area contributed by atoms with Crippen molar-refractivity contribution in [3.63, 3.8) is 0 Å². The lowest BCUT2D eigenvalue weighted by Gasteiger charge is -2.21. The van der Waals surface area contributed by atoms with E-state index < -0.39 is 10.0 Å². The van der Waals surface area contributed by atoms with Crippen LogP contribution in [-0.4, -0.2) is 37.3 Å². The molecule has 0 bridgehead atoms. The largest absolute Gasteiger partial charge is 0.369 e. The molecule has 0 aromatic carbocycles. The van der Waals surface area contributed by atoms with Crippen molar-refractivity contribution in [2.24, 2.45) is 0 Å². The average molecular weight is 350 g/mol. The molecule has 0 aliphatic heterocycles. The van der Waals surface area contributed by atoms with Gasteiger partial charge in [-0.15, -0.1) is 0 Å². The monoisotopic (exact) mass is 349 g/mol. The molecule has 0 fully saturated rings. The minimum absolute atomic E-state index is 0.221. The van der Waals surface area contributed by atoms with Crippen LogP contribution in [0.15, 0.2) is 21.6 Å². The van der Waals surface area contributed by atoms with Gasteiger partial charge in [-0.3, -0.25) is 0 Å². The van der Waals surface area contributed by atoms with E-state index in [0.29, 0.717) is 29.9 Å². The van der Waals surface area contributed by atoms with Crippen LogP contribution in [-0.2, 0) is 10.0 Å². The molecule has 19 heavy (non-hydrogen) atoms. The molecule has 0 unspecified atom stereocenters. The maximum Gasteiger partial charge on any atom is 0.246 e. The highest BCUT2D eigenvalue weighted by molar-refractivity contribution is 9.10. The fourth-order valence-electron chi connectivity index (χ4n) is 1.75. The fourth-order valence-corrected chi connectivity index (χ4v) is 3.92. The quantitative estimate of drug-likeness (QED) is 0.821. The Hall–Kier alpha value is -0.660. The number of aromatic nitrogens is 1. The van der Waals surface area contributed by atoms with Gasteiger partial charge in [0.2, 0.25) is 10.0 Å². The molecule has 1 aromatic rings. The summed E-state index contributed by atoms with van der Waals surface area (Å²) in [5.74, 6) is 0.403. The highest BCUT2D eigenvalue weighted by Crippen LogP contribution is 2.26. The van der Waals surface area contributed by atoms with E-state index in [-0.39, 0.29) is 4.90 Å². The van der Waals surface area contributed by atoms with Crippen molar-refractivity contribution in [2.75, 3.05) is 25.0 Å². The Labute approximate surface area is 123 Å². The standard InChI is InChI=1S/C12H20BrN3O2S/c1-4-7-16(6-3)19(17,18)11-8-10(13)9-15-12(11)14-5-2/h8-9H,4-7H2,1-3H3,(H,14,15). The van der Waals surface area contributed by atoms with Crippen LogP contribution in [0.5, 0.6) is 0 Å². The molecule has 0 atom stereocenters. The van der Waals surface area contributed by atoms with E-state index in [9.17, 15) is 8.42 Å². The SMILES string of the molecule is CCCN(CC)S(=O)(=O)c1cc(Br)cnc1NCC. The molecular weight excluding hydrogens is 330 g/mol. The van der Waals surface area contributed by atoms with Crippen LogP contribution in [0.25, 0.3) is 0 Å². The van der Waals surface area contributed by atoms with E-state index in [2.05, 4.69) is 26.2 Å². The number of nitrogens with one attached hydrogen (secondary N) is 1. The van der Waals surface area contributed by atoms with Crippen LogP contribution in [0, 0.1) is 0 Å². The summed E-state index contributed by atoms with van der Waals surface area (Å²) < 4.78 is 27.4. The zero-order valence-corrected chi connectivity index (χ0v) is 13.9. The summed E-state index contributed by atoms with van der Waals surface area (Å²) in [7, 11) is -3.51. The molecule has 0 spiro atoms.